The summed E-state index contributed by atoms with van der Waals surface area (Å²) >= 11 is 0. The van der Waals surface area contributed by atoms with Gasteiger partial charge in [0.05, 0.1) is 13.0 Å². The lowest BCUT2D eigenvalue weighted by atomic mass is 9.96. The van der Waals surface area contributed by atoms with E-state index in [9.17, 15) is 48.2 Å². The van der Waals surface area contributed by atoms with Crippen LogP contribution in [0.1, 0.15) is 6.42 Å². The number of ketones is 1. The van der Waals surface area contributed by atoms with Crippen molar-refractivity contribution in [1.82, 2.24) is 4.90 Å². The molecule has 1 amide bonds. The summed E-state index contributed by atoms with van der Waals surface area (Å²) in [5.41, 5.74) is -2.23. The minimum Gasteiger partial charge on any atom is -0.756 e. The molecule has 3 N–H and O–H groups in total. The molecule has 2 aliphatic rings. The van der Waals surface area contributed by atoms with E-state index >= 15 is 0 Å². The molecule has 7 atom stereocenters. The average molecular weight is 506 g/mol. The lowest BCUT2D eigenvalue weighted by molar-refractivity contribution is -0.251. The summed E-state index contributed by atoms with van der Waals surface area (Å²) < 4.78 is 49.5. The molecule has 1 saturated heterocycles. The standard InChI is InChI=1S/C12H18NO15P3/c1-2-12(6-25-30(21,22)28-31(23,24)27-29(18,19)20)10(17)9(16)11(26-12)13-4-3-7(14)5-8(13)15/h2-4,9-11,16-17H,1,5-6H2,(H,21,22)(H,23,24)(H2,18,19,20)/p-3/t9-,10+,11-,12-/m1/s1. The zero-order valence-electron chi connectivity index (χ0n) is 15.1. The summed E-state index contributed by atoms with van der Waals surface area (Å²) in [4.78, 5) is 65.7. The molecule has 16 nitrogen and oxygen atoms in total. The lowest BCUT2D eigenvalue weighted by Crippen LogP contribution is -2.46. The van der Waals surface area contributed by atoms with Gasteiger partial charge in [-0.3, -0.25) is 28.2 Å². The van der Waals surface area contributed by atoms with Crippen LogP contribution < -0.4 is 14.7 Å². The van der Waals surface area contributed by atoms with E-state index in [1.54, 1.807) is 0 Å². The van der Waals surface area contributed by atoms with Crippen molar-refractivity contribution < 1.29 is 71.0 Å². The number of ether oxygens (including phenoxy) is 1. The second kappa shape index (κ2) is 9.04. The van der Waals surface area contributed by atoms with Crippen molar-refractivity contribution in [2.75, 3.05) is 6.61 Å². The van der Waals surface area contributed by atoms with Crippen LogP contribution in [0.25, 0.3) is 0 Å². The number of nitrogens with zero attached hydrogens (tertiary/aromatic N) is 1. The van der Waals surface area contributed by atoms with E-state index in [0.717, 1.165) is 23.3 Å². The maximum absolute atomic E-state index is 12.0. The Morgan fingerprint density at radius 3 is 2.35 bits per heavy atom. The first-order valence-electron chi connectivity index (χ1n) is 7.94. The van der Waals surface area contributed by atoms with Gasteiger partial charge in [0, 0.05) is 6.20 Å². The lowest BCUT2D eigenvalue weighted by Gasteiger charge is -2.35. The average Bonchev–Trinajstić information content (AvgIpc) is 2.82. The number of carbonyl (C=O) groups excluding carboxylic acids is 2. The number of rotatable bonds is 9. The Labute approximate surface area is 173 Å². The number of amides is 1. The van der Waals surface area contributed by atoms with Gasteiger partial charge in [0.15, 0.2) is 12.0 Å². The van der Waals surface area contributed by atoms with E-state index < -0.39 is 72.2 Å². The maximum Gasteiger partial charge on any atom is 0.280 e. The van der Waals surface area contributed by atoms with Gasteiger partial charge in [-0.2, -0.15) is 0 Å². The van der Waals surface area contributed by atoms with Crippen LogP contribution in [-0.2, 0) is 41.2 Å². The summed E-state index contributed by atoms with van der Waals surface area (Å²) in [7, 11) is -18.0. The van der Waals surface area contributed by atoms with Gasteiger partial charge in [-0.1, -0.05) is 6.08 Å². The fraction of sp³-hybridized carbons (Fsp3) is 0.500. The fourth-order valence-corrected chi connectivity index (χ4v) is 5.54. The zero-order chi connectivity index (χ0) is 23.8. The Balaban J connectivity index is 2.16. The molecule has 0 saturated carbocycles. The monoisotopic (exact) mass is 506 g/mol. The molecule has 2 rings (SSSR count). The van der Waals surface area contributed by atoms with Gasteiger partial charge in [0.1, 0.15) is 17.8 Å². The third kappa shape index (κ3) is 6.46. The van der Waals surface area contributed by atoms with Crippen molar-refractivity contribution in [3.63, 3.8) is 0 Å². The van der Waals surface area contributed by atoms with Gasteiger partial charge < -0.3 is 39.0 Å². The van der Waals surface area contributed by atoms with Crippen molar-refractivity contribution >= 4 is 35.2 Å². The molecule has 2 heterocycles. The van der Waals surface area contributed by atoms with Crippen LogP contribution in [0, 0.1) is 0 Å². The molecule has 0 aromatic carbocycles. The molecule has 0 aliphatic carbocycles. The quantitative estimate of drug-likeness (QED) is 0.158. The second-order valence-corrected chi connectivity index (χ2v) is 10.5. The maximum atomic E-state index is 12.0. The predicted octanol–water partition coefficient (Wildman–Crippen LogP) is -3.25. The van der Waals surface area contributed by atoms with Crippen molar-refractivity contribution in [3.8, 4) is 0 Å². The first kappa shape index (κ1) is 26.2. The van der Waals surface area contributed by atoms with Crippen molar-refractivity contribution in [1.29, 1.82) is 0 Å². The molecule has 0 aromatic heterocycles. The molecule has 0 bridgehead atoms. The van der Waals surface area contributed by atoms with Crippen molar-refractivity contribution in [2.45, 2.75) is 30.5 Å². The number of phosphoric ester groups is 1. The smallest absolute Gasteiger partial charge is 0.280 e. The number of phosphoric acid groups is 3. The molecule has 3 unspecified atom stereocenters. The van der Waals surface area contributed by atoms with Gasteiger partial charge in [-0.05, 0) is 6.08 Å². The van der Waals surface area contributed by atoms with E-state index in [-0.39, 0.29) is 0 Å². The number of aliphatic hydroxyl groups excluding tert-OH is 2. The van der Waals surface area contributed by atoms with E-state index in [4.69, 9.17) is 9.63 Å². The van der Waals surface area contributed by atoms with Crippen LogP contribution >= 0.6 is 23.5 Å². The van der Waals surface area contributed by atoms with E-state index in [2.05, 4.69) is 19.7 Å². The summed E-state index contributed by atoms with van der Waals surface area (Å²) in [5.74, 6) is -1.34. The number of aliphatic hydroxyl groups is 2. The third-order valence-electron chi connectivity index (χ3n) is 3.96. The largest absolute Gasteiger partial charge is 0.756 e. The topological polar surface area (TPSA) is 255 Å². The first-order chi connectivity index (χ1) is 14.0. The molecule has 0 radical (unpaired) electrons. The first-order valence-corrected chi connectivity index (χ1v) is 12.4. The van der Waals surface area contributed by atoms with E-state index in [0.29, 0.717) is 0 Å². The SMILES string of the molecule is C=C[C@]1(COP(=O)([O-])OP(=O)([O-])OP(=O)([O-])O)O[C@@H](N2C=CC(=O)CC2=O)[C@H](O)[C@@H]1O. The summed E-state index contributed by atoms with van der Waals surface area (Å²) in [6, 6.07) is 0. The van der Waals surface area contributed by atoms with Crippen LogP contribution in [0.3, 0.4) is 0 Å². The Kier molecular flexibility index (Phi) is 7.63. The number of hydrogen-bond acceptors (Lipinski definition) is 14. The van der Waals surface area contributed by atoms with Gasteiger partial charge in [0.2, 0.25) is 5.91 Å². The highest BCUT2D eigenvalue weighted by Gasteiger charge is 2.55. The summed E-state index contributed by atoms with van der Waals surface area (Å²) in [6.45, 7) is 2.04. The Morgan fingerprint density at radius 1 is 1.23 bits per heavy atom. The van der Waals surface area contributed by atoms with E-state index in [1.165, 1.54) is 0 Å². The zero-order valence-corrected chi connectivity index (χ0v) is 17.8. The Morgan fingerprint density at radius 2 is 1.84 bits per heavy atom. The molecule has 0 spiro atoms. The van der Waals surface area contributed by atoms with Crippen LogP contribution in [0.5, 0.6) is 0 Å². The van der Waals surface area contributed by atoms with Crippen LogP contribution in [0.2, 0.25) is 0 Å². The molecule has 0 aromatic rings. The fourth-order valence-electron chi connectivity index (χ4n) is 2.62. The second-order valence-electron chi connectivity index (χ2n) is 6.16. The summed E-state index contributed by atoms with van der Waals surface area (Å²) in [6.07, 6.45) is -3.25. The van der Waals surface area contributed by atoms with Crippen LogP contribution in [-0.4, -0.2) is 62.3 Å². The minimum absolute atomic E-state index is 0.535. The summed E-state index contributed by atoms with van der Waals surface area (Å²) in [5, 5.41) is 20.5. The van der Waals surface area contributed by atoms with Crippen molar-refractivity contribution in [3.05, 3.63) is 24.9 Å². The number of carbonyl (C=O) groups is 2. The number of allylic oxidation sites excluding steroid dienone is 1. The Bertz CT molecular complexity index is 928. The molecule has 2 aliphatic heterocycles. The van der Waals surface area contributed by atoms with Crippen LogP contribution in [0.15, 0.2) is 24.9 Å². The molecule has 19 heteroatoms. The molecule has 176 valence electrons. The third-order valence-corrected chi connectivity index (χ3v) is 7.63. The molecular weight excluding hydrogens is 491 g/mol. The molecule has 1 fully saturated rings. The predicted molar refractivity (Wildman–Crippen MR) is 88.6 cm³/mol. The Hall–Kier alpha value is -1.09. The molecule has 31 heavy (non-hydrogen) atoms. The highest BCUT2D eigenvalue weighted by molar-refractivity contribution is 7.65. The van der Waals surface area contributed by atoms with Gasteiger partial charge in [-0.25, -0.2) is 8.62 Å². The highest BCUT2D eigenvalue weighted by atomic mass is 31.3. The van der Waals surface area contributed by atoms with Gasteiger partial charge >= 0.3 is 0 Å². The molecular formula is C12H15NO15P3-3. The minimum atomic E-state index is -6.15. The highest BCUT2D eigenvalue weighted by Crippen LogP contribution is 2.61. The van der Waals surface area contributed by atoms with E-state index in [1.807, 2.05) is 0 Å². The van der Waals surface area contributed by atoms with Crippen molar-refractivity contribution in [2.24, 2.45) is 0 Å². The van der Waals surface area contributed by atoms with Crippen LogP contribution in [0.4, 0.5) is 0 Å². The normalized spacial score (nSPS) is 34.8. The van der Waals surface area contributed by atoms with Gasteiger partial charge in [-0.15, -0.1) is 6.58 Å². The van der Waals surface area contributed by atoms with Gasteiger partial charge in [0.25, 0.3) is 23.5 Å². The number of hydrogen-bond donors (Lipinski definition) is 3.